The fourth-order valence-corrected chi connectivity index (χ4v) is 1.85. The van der Waals surface area contributed by atoms with Gasteiger partial charge >= 0.3 is 0 Å². The van der Waals surface area contributed by atoms with Crippen LogP contribution in [0.5, 0.6) is 0 Å². The summed E-state index contributed by atoms with van der Waals surface area (Å²) in [6.07, 6.45) is 6.97. The predicted molar refractivity (Wildman–Crippen MR) is 64.7 cm³/mol. The zero-order chi connectivity index (χ0) is 11.3. The van der Waals surface area contributed by atoms with Crippen molar-refractivity contribution in [2.75, 3.05) is 0 Å². The Morgan fingerprint density at radius 1 is 1.47 bits per heavy atom. The highest BCUT2D eigenvalue weighted by molar-refractivity contribution is 5.36. The first-order valence-corrected chi connectivity index (χ1v) is 5.62. The summed E-state index contributed by atoms with van der Waals surface area (Å²) in [6, 6.07) is 2.02. The van der Waals surface area contributed by atoms with Gasteiger partial charge in [-0.2, -0.15) is 0 Å². The molecule has 1 atom stereocenters. The van der Waals surface area contributed by atoms with E-state index >= 15 is 0 Å². The molecule has 1 heterocycles. The van der Waals surface area contributed by atoms with Gasteiger partial charge in [-0.15, -0.1) is 0 Å². The fourth-order valence-electron chi connectivity index (χ4n) is 1.85. The number of hydrogen-bond acceptors (Lipinski definition) is 2. The summed E-state index contributed by atoms with van der Waals surface area (Å²) in [5.74, 6) is 0.725. The van der Waals surface area contributed by atoms with Gasteiger partial charge in [0.25, 0.3) is 0 Å². The highest BCUT2D eigenvalue weighted by atomic mass is 14.9. The van der Waals surface area contributed by atoms with Gasteiger partial charge in [0.2, 0.25) is 0 Å². The van der Waals surface area contributed by atoms with E-state index < -0.39 is 0 Å². The summed E-state index contributed by atoms with van der Waals surface area (Å²) in [7, 11) is 0. The molecule has 0 aliphatic rings. The predicted octanol–water partition coefficient (Wildman–Crippen LogP) is 3.59. The molecule has 0 radical (unpaired) electrons. The van der Waals surface area contributed by atoms with Crippen LogP contribution in [0.2, 0.25) is 0 Å². The van der Waals surface area contributed by atoms with Crippen molar-refractivity contribution in [2.45, 2.75) is 45.4 Å². The lowest BCUT2D eigenvalue weighted by Gasteiger charge is -2.27. The summed E-state index contributed by atoms with van der Waals surface area (Å²) in [4.78, 5) is 8.66. The Kier molecular flexibility index (Phi) is 4.01. The van der Waals surface area contributed by atoms with E-state index in [1.54, 1.807) is 6.08 Å². The molecular formula is C13H20N2. The second kappa shape index (κ2) is 5.06. The van der Waals surface area contributed by atoms with Crippen molar-refractivity contribution in [3.63, 3.8) is 0 Å². The molecule has 1 aromatic rings. The van der Waals surface area contributed by atoms with E-state index in [2.05, 4.69) is 37.3 Å². The van der Waals surface area contributed by atoms with Gasteiger partial charge in [-0.05, 0) is 25.0 Å². The smallest absolute Gasteiger partial charge is 0.151 e. The SMILES string of the molecule is C=Cc1nccc(C(C)(CC)CCC)n1. The van der Waals surface area contributed by atoms with E-state index in [-0.39, 0.29) is 5.41 Å². The Morgan fingerprint density at radius 3 is 2.73 bits per heavy atom. The molecule has 2 heteroatoms. The third-order valence-electron chi connectivity index (χ3n) is 3.06. The lowest BCUT2D eigenvalue weighted by molar-refractivity contribution is 0.401. The summed E-state index contributed by atoms with van der Waals surface area (Å²) in [5.41, 5.74) is 1.31. The lowest BCUT2D eigenvalue weighted by Crippen LogP contribution is -2.22. The fraction of sp³-hybridized carbons (Fsp3) is 0.538. The maximum Gasteiger partial charge on any atom is 0.151 e. The van der Waals surface area contributed by atoms with E-state index in [4.69, 9.17) is 0 Å². The Labute approximate surface area is 92.5 Å². The van der Waals surface area contributed by atoms with Crippen LogP contribution in [0.3, 0.4) is 0 Å². The van der Waals surface area contributed by atoms with Crippen molar-refractivity contribution in [2.24, 2.45) is 0 Å². The maximum absolute atomic E-state index is 4.52. The van der Waals surface area contributed by atoms with Gasteiger partial charge in [0.05, 0.1) is 5.69 Å². The van der Waals surface area contributed by atoms with Crippen LogP contribution in [0, 0.1) is 0 Å². The van der Waals surface area contributed by atoms with Gasteiger partial charge in [-0.3, -0.25) is 0 Å². The molecule has 2 nitrogen and oxygen atoms in total. The van der Waals surface area contributed by atoms with Crippen LogP contribution < -0.4 is 0 Å². The minimum absolute atomic E-state index is 0.176. The van der Waals surface area contributed by atoms with E-state index in [0.717, 1.165) is 24.4 Å². The molecule has 0 aliphatic heterocycles. The third kappa shape index (κ3) is 2.65. The average molecular weight is 204 g/mol. The monoisotopic (exact) mass is 204 g/mol. The molecule has 0 bridgehead atoms. The second-order valence-corrected chi connectivity index (χ2v) is 4.17. The standard InChI is InChI=1S/C13H20N2/c1-5-9-13(4,7-3)11-8-10-14-12(6-2)15-11/h6,8,10H,2,5,7,9H2,1,3-4H3. The van der Waals surface area contributed by atoms with Crippen LogP contribution >= 0.6 is 0 Å². The topological polar surface area (TPSA) is 25.8 Å². The van der Waals surface area contributed by atoms with E-state index in [9.17, 15) is 0 Å². The largest absolute Gasteiger partial charge is 0.237 e. The Balaban J connectivity index is 3.05. The van der Waals surface area contributed by atoms with Crippen molar-refractivity contribution >= 4 is 6.08 Å². The Morgan fingerprint density at radius 2 is 2.20 bits per heavy atom. The molecule has 0 spiro atoms. The summed E-state index contributed by atoms with van der Waals surface area (Å²) >= 11 is 0. The van der Waals surface area contributed by atoms with Crippen molar-refractivity contribution in [3.8, 4) is 0 Å². The van der Waals surface area contributed by atoms with Crippen LogP contribution in [0.4, 0.5) is 0 Å². The number of hydrogen-bond donors (Lipinski definition) is 0. The molecule has 1 rings (SSSR count). The molecule has 0 fully saturated rings. The normalized spacial score (nSPS) is 14.6. The van der Waals surface area contributed by atoms with Crippen molar-refractivity contribution < 1.29 is 0 Å². The van der Waals surface area contributed by atoms with Gasteiger partial charge in [-0.25, -0.2) is 9.97 Å². The van der Waals surface area contributed by atoms with Gasteiger partial charge in [0.15, 0.2) is 5.82 Å². The van der Waals surface area contributed by atoms with Gasteiger partial charge in [0, 0.05) is 11.6 Å². The van der Waals surface area contributed by atoms with Crippen molar-refractivity contribution in [1.82, 2.24) is 9.97 Å². The molecule has 1 aromatic heterocycles. The molecule has 15 heavy (non-hydrogen) atoms. The first-order valence-electron chi connectivity index (χ1n) is 5.62. The Bertz CT molecular complexity index is 333. The first-order chi connectivity index (χ1) is 7.16. The van der Waals surface area contributed by atoms with Crippen LogP contribution in [0.15, 0.2) is 18.8 Å². The van der Waals surface area contributed by atoms with Gasteiger partial charge in [0.1, 0.15) is 0 Å². The van der Waals surface area contributed by atoms with Gasteiger partial charge < -0.3 is 0 Å². The molecule has 0 saturated carbocycles. The summed E-state index contributed by atoms with van der Waals surface area (Å²) in [6.45, 7) is 10.4. The minimum atomic E-state index is 0.176. The molecule has 0 aromatic carbocycles. The third-order valence-corrected chi connectivity index (χ3v) is 3.06. The van der Waals surface area contributed by atoms with E-state index in [1.165, 1.54) is 6.42 Å². The van der Waals surface area contributed by atoms with E-state index in [0.29, 0.717) is 0 Å². The van der Waals surface area contributed by atoms with Gasteiger partial charge in [-0.1, -0.05) is 33.8 Å². The highest BCUT2D eigenvalue weighted by Gasteiger charge is 2.25. The zero-order valence-corrected chi connectivity index (χ0v) is 9.95. The Hall–Kier alpha value is -1.18. The molecule has 0 N–H and O–H groups in total. The molecular weight excluding hydrogens is 184 g/mol. The van der Waals surface area contributed by atoms with Crippen LogP contribution in [0.1, 0.15) is 51.6 Å². The summed E-state index contributed by atoms with van der Waals surface area (Å²) < 4.78 is 0. The second-order valence-electron chi connectivity index (χ2n) is 4.17. The zero-order valence-electron chi connectivity index (χ0n) is 9.95. The number of nitrogens with zero attached hydrogens (tertiary/aromatic N) is 2. The quantitative estimate of drug-likeness (QED) is 0.732. The molecule has 0 amide bonds. The van der Waals surface area contributed by atoms with Crippen molar-refractivity contribution in [1.29, 1.82) is 0 Å². The summed E-state index contributed by atoms with van der Waals surface area (Å²) in [5, 5.41) is 0. The lowest BCUT2D eigenvalue weighted by atomic mass is 9.80. The van der Waals surface area contributed by atoms with Crippen LogP contribution in [-0.2, 0) is 5.41 Å². The number of aromatic nitrogens is 2. The molecule has 0 aliphatic carbocycles. The van der Waals surface area contributed by atoms with Crippen molar-refractivity contribution in [3.05, 3.63) is 30.4 Å². The minimum Gasteiger partial charge on any atom is -0.237 e. The molecule has 82 valence electrons. The first kappa shape index (κ1) is 11.9. The average Bonchev–Trinajstić information content (AvgIpc) is 2.29. The van der Waals surface area contributed by atoms with E-state index in [1.807, 2.05) is 12.3 Å². The highest BCUT2D eigenvalue weighted by Crippen LogP contribution is 2.30. The maximum atomic E-state index is 4.52. The molecule has 1 unspecified atom stereocenters. The number of rotatable bonds is 5. The van der Waals surface area contributed by atoms with Crippen LogP contribution in [0.25, 0.3) is 6.08 Å². The van der Waals surface area contributed by atoms with Crippen LogP contribution in [-0.4, -0.2) is 9.97 Å². The molecule has 0 saturated heterocycles.